The van der Waals surface area contributed by atoms with Crippen molar-refractivity contribution in [2.24, 2.45) is 0 Å². The predicted molar refractivity (Wildman–Crippen MR) is 103 cm³/mol. The highest BCUT2D eigenvalue weighted by molar-refractivity contribution is 5.87. The van der Waals surface area contributed by atoms with Crippen LogP contribution in [0.25, 0.3) is 5.57 Å². The first kappa shape index (κ1) is 18.5. The Hall–Kier alpha value is -2.80. The molecule has 0 bridgehead atoms. The molecule has 0 saturated heterocycles. The van der Waals surface area contributed by atoms with Gasteiger partial charge in [-0.15, -0.1) is 0 Å². The molecule has 4 nitrogen and oxygen atoms in total. The Morgan fingerprint density at radius 1 is 1.20 bits per heavy atom. The molecule has 25 heavy (non-hydrogen) atoms. The molecule has 1 N–H and O–H groups in total. The third-order valence-electron chi connectivity index (χ3n) is 4.13. The second kappa shape index (κ2) is 8.34. The van der Waals surface area contributed by atoms with Gasteiger partial charge in [0.15, 0.2) is 5.75 Å². The maximum Gasteiger partial charge on any atom is 0.153 e. The van der Waals surface area contributed by atoms with E-state index in [1.807, 2.05) is 33.2 Å². The number of nitriles is 1. The fourth-order valence-electron chi connectivity index (χ4n) is 2.95. The van der Waals surface area contributed by atoms with E-state index in [9.17, 15) is 5.26 Å². The summed E-state index contributed by atoms with van der Waals surface area (Å²) in [4.78, 5) is 4.37. The summed E-state index contributed by atoms with van der Waals surface area (Å²) in [6, 6.07) is 6.32. The molecule has 0 amide bonds. The van der Waals surface area contributed by atoms with Gasteiger partial charge in [0.05, 0.1) is 30.1 Å². The Labute approximate surface area is 150 Å². The lowest BCUT2D eigenvalue weighted by atomic mass is 9.90. The first-order valence-corrected chi connectivity index (χ1v) is 8.58. The van der Waals surface area contributed by atoms with Gasteiger partial charge in [-0.25, -0.2) is 0 Å². The summed E-state index contributed by atoms with van der Waals surface area (Å²) in [6.45, 7) is 8.68. The lowest BCUT2D eigenvalue weighted by molar-refractivity contribution is 0.340. The van der Waals surface area contributed by atoms with Crippen LogP contribution in [0.5, 0.6) is 5.75 Å². The summed E-state index contributed by atoms with van der Waals surface area (Å²) >= 11 is 0. The number of allylic oxidation sites excluding steroid dienone is 1. The van der Waals surface area contributed by atoms with Crippen molar-refractivity contribution in [3.8, 4) is 11.8 Å². The summed E-state index contributed by atoms with van der Waals surface area (Å²) in [5.74, 6) is 0.790. The summed E-state index contributed by atoms with van der Waals surface area (Å²) in [5.41, 5.74) is 6.70. The molecule has 1 aromatic heterocycles. The van der Waals surface area contributed by atoms with Crippen molar-refractivity contribution in [2.75, 3.05) is 19.0 Å². The lowest BCUT2D eigenvalue weighted by Crippen LogP contribution is -2.04. The van der Waals surface area contributed by atoms with E-state index in [1.54, 1.807) is 6.20 Å². The first-order chi connectivity index (χ1) is 12.1. The molecule has 0 saturated carbocycles. The van der Waals surface area contributed by atoms with E-state index < -0.39 is 0 Å². The highest BCUT2D eigenvalue weighted by atomic mass is 16.5. The molecule has 0 aliphatic carbocycles. The minimum absolute atomic E-state index is 0.571. The highest BCUT2D eigenvalue weighted by Crippen LogP contribution is 2.37. The number of anilines is 1. The molecule has 0 atom stereocenters. The minimum atomic E-state index is 0.571. The third-order valence-corrected chi connectivity index (χ3v) is 4.13. The maximum atomic E-state index is 9.42. The number of benzene rings is 1. The molecule has 0 unspecified atom stereocenters. The number of rotatable bonds is 6. The van der Waals surface area contributed by atoms with Crippen LogP contribution < -0.4 is 10.1 Å². The predicted octanol–water partition coefficient (Wildman–Crippen LogP) is 4.85. The SMILES string of the molecule is CC/C=C(\c1cc(C#N)c(C)cc1C)c1cncc(NC)c1OCC. The monoisotopic (exact) mass is 335 g/mol. The van der Waals surface area contributed by atoms with E-state index in [2.05, 4.69) is 42.4 Å². The molecule has 2 aromatic rings. The molecular formula is C21H25N3O. The van der Waals surface area contributed by atoms with Gasteiger partial charge in [-0.1, -0.05) is 19.1 Å². The Bertz CT molecular complexity index is 832. The molecule has 0 aliphatic heterocycles. The van der Waals surface area contributed by atoms with Gasteiger partial charge in [0.2, 0.25) is 0 Å². The summed E-state index contributed by atoms with van der Waals surface area (Å²) < 4.78 is 5.92. The summed E-state index contributed by atoms with van der Waals surface area (Å²) in [6.07, 6.45) is 6.64. The van der Waals surface area contributed by atoms with Crippen LogP contribution in [0.1, 0.15) is 48.1 Å². The van der Waals surface area contributed by atoms with E-state index in [0.717, 1.165) is 45.7 Å². The number of aryl methyl sites for hydroxylation is 2. The average Bonchev–Trinajstić information content (AvgIpc) is 2.61. The molecule has 0 radical (unpaired) electrons. The molecule has 130 valence electrons. The van der Waals surface area contributed by atoms with Crippen LogP contribution in [-0.2, 0) is 0 Å². The van der Waals surface area contributed by atoms with Crippen molar-refractivity contribution in [3.05, 3.63) is 58.4 Å². The van der Waals surface area contributed by atoms with Crippen molar-refractivity contribution >= 4 is 11.3 Å². The van der Waals surface area contributed by atoms with Gasteiger partial charge in [-0.05, 0) is 55.5 Å². The van der Waals surface area contributed by atoms with E-state index in [0.29, 0.717) is 12.2 Å². The number of hydrogen-bond acceptors (Lipinski definition) is 4. The largest absolute Gasteiger partial charge is 0.491 e. The second-order valence-electron chi connectivity index (χ2n) is 5.87. The molecule has 0 aliphatic rings. The van der Waals surface area contributed by atoms with Gasteiger partial charge in [0.1, 0.15) is 0 Å². The van der Waals surface area contributed by atoms with Crippen molar-refractivity contribution in [3.63, 3.8) is 0 Å². The number of nitrogens with one attached hydrogen (secondary N) is 1. The number of pyridine rings is 1. The van der Waals surface area contributed by atoms with Crippen LogP contribution in [0, 0.1) is 25.2 Å². The quantitative estimate of drug-likeness (QED) is 0.819. The second-order valence-corrected chi connectivity index (χ2v) is 5.87. The molecule has 0 spiro atoms. The van der Waals surface area contributed by atoms with Gasteiger partial charge in [0, 0.05) is 18.8 Å². The van der Waals surface area contributed by atoms with Crippen molar-refractivity contribution in [2.45, 2.75) is 34.1 Å². The van der Waals surface area contributed by atoms with E-state index in [4.69, 9.17) is 4.74 Å². The normalized spacial score (nSPS) is 11.1. The topological polar surface area (TPSA) is 57.9 Å². The molecule has 4 heteroatoms. The molecule has 1 heterocycles. The van der Waals surface area contributed by atoms with E-state index >= 15 is 0 Å². The number of ether oxygens (including phenoxy) is 1. The van der Waals surface area contributed by atoms with Crippen LogP contribution in [0.4, 0.5) is 5.69 Å². The summed E-state index contributed by atoms with van der Waals surface area (Å²) in [5, 5.41) is 12.6. The van der Waals surface area contributed by atoms with Crippen LogP contribution in [0.3, 0.4) is 0 Å². The Balaban J connectivity index is 2.74. The maximum absolute atomic E-state index is 9.42. The van der Waals surface area contributed by atoms with Crippen molar-refractivity contribution in [1.82, 2.24) is 4.98 Å². The Morgan fingerprint density at radius 2 is 1.96 bits per heavy atom. The standard InChI is InChI=1S/C21H25N3O/c1-6-8-17(18-10-16(11-22)14(3)9-15(18)4)19-12-24-13-20(23-5)21(19)25-7-2/h8-10,12-13,23H,6-7H2,1-5H3/b17-8+. The minimum Gasteiger partial charge on any atom is -0.491 e. The van der Waals surface area contributed by atoms with Gasteiger partial charge in [0.25, 0.3) is 0 Å². The highest BCUT2D eigenvalue weighted by Gasteiger charge is 2.17. The molecule has 1 aromatic carbocycles. The average molecular weight is 335 g/mol. The molecular weight excluding hydrogens is 310 g/mol. The number of hydrogen-bond donors (Lipinski definition) is 1. The van der Waals surface area contributed by atoms with Gasteiger partial charge < -0.3 is 10.1 Å². The van der Waals surface area contributed by atoms with Gasteiger partial charge in [-0.3, -0.25) is 4.98 Å². The fraction of sp³-hybridized carbons (Fsp3) is 0.333. The van der Waals surface area contributed by atoms with Gasteiger partial charge >= 0.3 is 0 Å². The van der Waals surface area contributed by atoms with Crippen LogP contribution in [-0.4, -0.2) is 18.6 Å². The fourth-order valence-corrected chi connectivity index (χ4v) is 2.95. The first-order valence-electron chi connectivity index (χ1n) is 8.58. The molecule has 0 fully saturated rings. The van der Waals surface area contributed by atoms with Crippen LogP contribution in [0.2, 0.25) is 0 Å². The number of aromatic nitrogens is 1. The molecule has 2 rings (SSSR count). The smallest absolute Gasteiger partial charge is 0.153 e. The van der Waals surface area contributed by atoms with Crippen molar-refractivity contribution < 1.29 is 4.74 Å². The van der Waals surface area contributed by atoms with E-state index in [1.165, 1.54) is 0 Å². The number of nitrogens with zero attached hydrogens (tertiary/aromatic N) is 2. The zero-order valence-corrected chi connectivity index (χ0v) is 15.6. The van der Waals surface area contributed by atoms with Gasteiger partial charge in [-0.2, -0.15) is 5.26 Å². The van der Waals surface area contributed by atoms with Crippen LogP contribution >= 0.6 is 0 Å². The zero-order valence-electron chi connectivity index (χ0n) is 15.6. The third kappa shape index (κ3) is 3.83. The van der Waals surface area contributed by atoms with Crippen molar-refractivity contribution in [1.29, 1.82) is 5.26 Å². The Kier molecular flexibility index (Phi) is 6.19. The summed E-state index contributed by atoms with van der Waals surface area (Å²) in [7, 11) is 1.86. The lowest BCUT2D eigenvalue weighted by Gasteiger charge is -2.18. The Morgan fingerprint density at radius 3 is 2.56 bits per heavy atom. The zero-order chi connectivity index (χ0) is 18.4. The van der Waals surface area contributed by atoms with Crippen LogP contribution in [0.15, 0.2) is 30.6 Å². The van der Waals surface area contributed by atoms with E-state index in [-0.39, 0.29) is 0 Å².